The maximum atomic E-state index is 10.9. The Bertz CT molecular complexity index is 213. The molecule has 0 bridgehead atoms. The molecule has 0 fully saturated rings. The number of rotatable bonds is 3. The molecule has 0 saturated carbocycles. The Balaban J connectivity index is 2.43. The molecule has 3 nitrogen and oxygen atoms in total. The van der Waals surface area contributed by atoms with Gasteiger partial charge in [0.2, 0.25) is 5.76 Å². The van der Waals surface area contributed by atoms with Crippen LogP contribution in [0.25, 0.3) is 0 Å². The predicted molar refractivity (Wildman–Crippen MR) is 39.3 cm³/mol. The highest BCUT2D eigenvalue weighted by Crippen LogP contribution is 2.01. The molecule has 0 aliphatic rings. The van der Waals surface area contributed by atoms with E-state index in [1.54, 1.807) is 12.1 Å². The van der Waals surface area contributed by atoms with Gasteiger partial charge in [-0.2, -0.15) is 0 Å². The second-order valence-corrected chi connectivity index (χ2v) is 2.11. The topological polar surface area (TPSA) is 39.4 Å². The summed E-state index contributed by atoms with van der Waals surface area (Å²) in [6.07, 6.45) is 2.27. The van der Waals surface area contributed by atoms with Gasteiger partial charge in [-0.25, -0.2) is 4.79 Å². The molecule has 0 unspecified atom stereocenters. The van der Waals surface area contributed by atoms with Crippen molar-refractivity contribution in [1.29, 1.82) is 0 Å². The molecule has 1 rings (SSSR count). The van der Waals surface area contributed by atoms with Gasteiger partial charge >= 0.3 is 5.97 Å². The zero-order valence-electron chi connectivity index (χ0n) is 6.37. The number of hydrogen-bond donors (Lipinski definition) is 0. The van der Waals surface area contributed by atoms with Gasteiger partial charge in [-0.1, -0.05) is 6.92 Å². The van der Waals surface area contributed by atoms with Crippen LogP contribution < -0.4 is 0 Å². The van der Waals surface area contributed by atoms with Gasteiger partial charge in [0.05, 0.1) is 12.9 Å². The Morgan fingerprint density at radius 2 is 2.55 bits per heavy atom. The lowest BCUT2D eigenvalue weighted by Crippen LogP contribution is -2.03. The molecule has 0 spiro atoms. The second-order valence-electron chi connectivity index (χ2n) is 2.11. The third-order valence-corrected chi connectivity index (χ3v) is 1.16. The number of esters is 1. The van der Waals surface area contributed by atoms with Crippen LogP contribution in [0.4, 0.5) is 0 Å². The summed E-state index contributed by atoms with van der Waals surface area (Å²) in [6.45, 7) is 2.38. The van der Waals surface area contributed by atoms with Gasteiger partial charge in [0.25, 0.3) is 0 Å². The van der Waals surface area contributed by atoms with Crippen molar-refractivity contribution in [3.05, 3.63) is 24.2 Å². The van der Waals surface area contributed by atoms with Crippen molar-refractivity contribution in [2.75, 3.05) is 6.61 Å². The molecule has 60 valence electrons. The van der Waals surface area contributed by atoms with E-state index in [-0.39, 0.29) is 5.76 Å². The second kappa shape index (κ2) is 3.81. The summed E-state index contributed by atoms with van der Waals surface area (Å²) in [5, 5.41) is 0. The highest BCUT2D eigenvalue weighted by molar-refractivity contribution is 5.86. The standard InChI is InChI=1S/C8H10O3/c1-2-5-11-8(9)7-4-3-6-10-7/h3-4,6H,2,5H2,1H3. The van der Waals surface area contributed by atoms with E-state index in [2.05, 4.69) is 0 Å². The first-order valence-corrected chi connectivity index (χ1v) is 3.55. The SMILES string of the molecule is CCCOC(=O)c1ccco1. The minimum atomic E-state index is -0.392. The Morgan fingerprint density at radius 3 is 3.09 bits per heavy atom. The molecule has 0 N–H and O–H groups in total. The minimum absolute atomic E-state index is 0.262. The lowest BCUT2D eigenvalue weighted by molar-refractivity contribution is 0.0469. The Kier molecular flexibility index (Phi) is 2.72. The quantitative estimate of drug-likeness (QED) is 0.623. The number of furan rings is 1. The summed E-state index contributed by atoms with van der Waals surface area (Å²) in [5.74, 6) is -0.129. The van der Waals surface area contributed by atoms with E-state index < -0.39 is 5.97 Å². The molecule has 0 aliphatic carbocycles. The van der Waals surface area contributed by atoms with E-state index in [0.29, 0.717) is 6.61 Å². The molecular weight excluding hydrogens is 144 g/mol. The number of carbonyl (C=O) groups is 1. The third kappa shape index (κ3) is 2.11. The molecule has 0 amide bonds. The van der Waals surface area contributed by atoms with Crippen LogP contribution in [0, 0.1) is 0 Å². The van der Waals surface area contributed by atoms with Crippen LogP contribution >= 0.6 is 0 Å². The van der Waals surface area contributed by atoms with Crippen molar-refractivity contribution in [1.82, 2.24) is 0 Å². The van der Waals surface area contributed by atoms with Crippen LogP contribution in [0.5, 0.6) is 0 Å². The summed E-state index contributed by atoms with van der Waals surface area (Å²) in [5.41, 5.74) is 0. The third-order valence-electron chi connectivity index (χ3n) is 1.16. The van der Waals surface area contributed by atoms with E-state index in [0.717, 1.165) is 6.42 Å². The van der Waals surface area contributed by atoms with Crippen LogP contribution in [-0.4, -0.2) is 12.6 Å². The van der Waals surface area contributed by atoms with Crippen LogP contribution in [0.15, 0.2) is 22.8 Å². The predicted octanol–water partition coefficient (Wildman–Crippen LogP) is 1.85. The molecule has 1 aromatic rings. The molecule has 0 aliphatic heterocycles. The Labute approximate surface area is 65.0 Å². The Morgan fingerprint density at radius 1 is 1.73 bits per heavy atom. The average Bonchev–Trinajstić information content (AvgIpc) is 2.52. The van der Waals surface area contributed by atoms with Gasteiger partial charge in [0.15, 0.2) is 0 Å². The molecule has 0 atom stereocenters. The molecule has 0 radical (unpaired) electrons. The largest absolute Gasteiger partial charge is 0.460 e. The van der Waals surface area contributed by atoms with Crippen molar-refractivity contribution >= 4 is 5.97 Å². The van der Waals surface area contributed by atoms with Crippen LogP contribution in [0.2, 0.25) is 0 Å². The molecule has 11 heavy (non-hydrogen) atoms. The highest BCUT2D eigenvalue weighted by Gasteiger charge is 2.07. The summed E-state index contributed by atoms with van der Waals surface area (Å²) in [7, 11) is 0. The van der Waals surface area contributed by atoms with E-state index in [4.69, 9.17) is 9.15 Å². The van der Waals surface area contributed by atoms with Crippen molar-refractivity contribution in [2.45, 2.75) is 13.3 Å². The molecule has 3 heteroatoms. The van der Waals surface area contributed by atoms with E-state index in [1.165, 1.54) is 6.26 Å². The maximum absolute atomic E-state index is 10.9. The summed E-state index contributed by atoms with van der Waals surface area (Å²) >= 11 is 0. The van der Waals surface area contributed by atoms with Crippen molar-refractivity contribution in [3.63, 3.8) is 0 Å². The van der Waals surface area contributed by atoms with Gasteiger partial charge in [0.1, 0.15) is 0 Å². The van der Waals surface area contributed by atoms with E-state index >= 15 is 0 Å². The molecule has 0 aromatic carbocycles. The van der Waals surface area contributed by atoms with E-state index in [1.807, 2.05) is 6.92 Å². The van der Waals surface area contributed by atoms with Crippen LogP contribution in [0.1, 0.15) is 23.9 Å². The zero-order valence-corrected chi connectivity index (χ0v) is 6.37. The average molecular weight is 154 g/mol. The fourth-order valence-corrected chi connectivity index (χ4v) is 0.661. The summed E-state index contributed by atoms with van der Waals surface area (Å²) in [6, 6.07) is 3.24. The van der Waals surface area contributed by atoms with Crippen molar-refractivity contribution in [3.8, 4) is 0 Å². The van der Waals surface area contributed by atoms with E-state index in [9.17, 15) is 4.79 Å². The normalized spacial score (nSPS) is 9.55. The molecule has 0 saturated heterocycles. The molecule has 1 heterocycles. The summed E-state index contributed by atoms with van der Waals surface area (Å²) in [4.78, 5) is 10.9. The molecular formula is C8H10O3. The minimum Gasteiger partial charge on any atom is -0.460 e. The van der Waals surface area contributed by atoms with Crippen LogP contribution in [0.3, 0.4) is 0 Å². The lowest BCUT2D eigenvalue weighted by atomic mass is 10.4. The van der Waals surface area contributed by atoms with Gasteiger partial charge in [-0.05, 0) is 18.6 Å². The fourth-order valence-electron chi connectivity index (χ4n) is 0.661. The van der Waals surface area contributed by atoms with Gasteiger partial charge < -0.3 is 9.15 Å². The maximum Gasteiger partial charge on any atom is 0.374 e. The van der Waals surface area contributed by atoms with Gasteiger partial charge in [-0.15, -0.1) is 0 Å². The first kappa shape index (κ1) is 7.85. The number of ether oxygens (including phenoxy) is 1. The zero-order chi connectivity index (χ0) is 8.10. The number of hydrogen-bond acceptors (Lipinski definition) is 3. The fraction of sp³-hybridized carbons (Fsp3) is 0.375. The lowest BCUT2D eigenvalue weighted by Gasteiger charge is -1.97. The first-order chi connectivity index (χ1) is 5.34. The van der Waals surface area contributed by atoms with Crippen molar-refractivity contribution < 1.29 is 13.9 Å². The molecule has 1 aromatic heterocycles. The number of carbonyl (C=O) groups excluding carboxylic acids is 1. The Hall–Kier alpha value is -1.25. The monoisotopic (exact) mass is 154 g/mol. The smallest absolute Gasteiger partial charge is 0.374 e. The summed E-state index contributed by atoms with van der Waals surface area (Å²) < 4.78 is 9.62. The van der Waals surface area contributed by atoms with Crippen molar-refractivity contribution in [2.24, 2.45) is 0 Å². The van der Waals surface area contributed by atoms with Gasteiger partial charge in [0, 0.05) is 0 Å². The van der Waals surface area contributed by atoms with Crippen LogP contribution in [-0.2, 0) is 4.74 Å². The first-order valence-electron chi connectivity index (χ1n) is 3.55. The highest BCUT2D eigenvalue weighted by atomic mass is 16.5. The van der Waals surface area contributed by atoms with Gasteiger partial charge in [-0.3, -0.25) is 0 Å².